The van der Waals surface area contributed by atoms with E-state index in [9.17, 15) is 4.79 Å². The number of fused-ring (bicyclic) bond motifs is 1. The van der Waals surface area contributed by atoms with Gasteiger partial charge < -0.3 is 10.2 Å². The van der Waals surface area contributed by atoms with E-state index < -0.39 is 0 Å². The summed E-state index contributed by atoms with van der Waals surface area (Å²) in [4.78, 5) is 17.3. The number of hydrogen-bond donors (Lipinski definition) is 1. The van der Waals surface area contributed by atoms with Gasteiger partial charge in [0.05, 0.1) is 5.92 Å². The van der Waals surface area contributed by atoms with Crippen LogP contribution in [0, 0.1) is 11.8 Å². The highest BCUT2D eigenvalue weighted by molar-refractivity contribution is 5.85. The molecule has 1 amide bonds. The zero-order valence-electron chi connectivity index (χ0n) is 14.2. The Morgan fingerprint density at radius 1 is 1.12 bits per heavy atom. The first kappa shape index (κ1) is 17.7. The maximum absolute atomic E-state index is 12.5. The van der Waals surface area contributed by atoms with Crippen molar-refractivity contribution in [1.82, 2.24) is 15.1 Å². The molecule has 1 aromatic rings. The number of amides is 1. The largest absolute Gasteiger partial charge is 0.342 e. The van der Waals surface area contributed by atoms with E-state index in [4.69, 9.17) is 0 Å². The third-order valence-corrected chi connectivity index (χ3v) is 5.85. The van der Waals surface area contributed by atoms with E-state index in [-0.39, 0.29) is 18.3 Å². The van der Waals surface area contributed by atoms with E-state index in [0.29, 0.717) is 17.9 Å². The van der Waals surface area contributed by atoms with Gasteiger partial charge in [0, 0.05) is 38.8 Å². The number of carbonyl (C=O) groups is 1. The molecule has 0 radical (unpaired) electrons. The van der Waals surface area contributed by atoms with E-state index >= 15 is 0 Å². The van der Waals surface area contributed by atoms with Gasteiger partial charge in [-0.3, -0.25) is 9.69 Å². The summed E-state index contributed by atoms with van der Waals surface area (Å²) >= 11 is 0. The lowest BCUT2D eigenvalue weighted by Crippen LogP contribution is -2.58. The first-order chi connectivity index (χ1) is 11.3. The fourth-order valence-corrected chi connectivity index (χ4v) is 4.44. The highest BCUT2D eigenvalue weighted by atomic mass is 35.5. The summed E-state index contributed by atoms with van der Waals surface area (Å²) in [6, 6.07) is 11.5. The molecule has 0 aliphatic carbocycles. The molecule has 132 valence electrons. The molecular weight excluding hydrogens is 322 g/mol. The van der Waals surface area contributed by atoms with Crippen molar-refractivity contribution in [2.75, 3.05) is 32.7 Å². The topological polar surface area (TPSA) is 35.6 Å². The molecule has 0 aromatic heterocycles. The van der Waals surface area contributed by atoms with E-state index in [1.165, 1.54) is 24.9 Å². The number of hydrogen-bond acceptors (Lipinski definition) is 3. The monoisotopic (exact) mass is 349 g/mol. The predicted octanol–water partition coefficient (Wildman–Crippen LogP) is 2.14. The van der Waals surface area contributed by atoms with Crippen molar-refractivity contribution in [3.8, 4) is 0 Å². The van der Waals surface area contributed by atoms with Crippen molar-refractivity contribution in [2.45, 2.75) is 31.8 Å². The van der Waals surface area contributed by atoms with Gasteiger partial charge in [-0.05, 0) is 37.3 Å². The van der Waals surface area contributed by atoms with Crippen molar-refractivity contribution in [1.29, 1.82) is 0 Å². The molecule has 0 bridgehead atoms. The normalized spacial score (nSPS) is 27.8. The predicted molar refractivity (Wildman–Crippen MR) is 98.2 cm³/mol. The Balaban J connectivity index is 0.00000169. The second-order valence-electron chi connectivity index (χ2n) is 7.35. The zero-order chi connectivity index (χ0) is 15.6. The Hall–Kier alpha value is -1.10. The second-order valence-corrected chi connectivity index (χ2v) is 7.35. The molecule has 3 heterocycles. The van der Waals surface area contributed by atoms with Gasteiger partial charge in [-0.15, -0.1) is 12.4 Å². The van der Waals surface area contributed by atoms with Crippen LogP contribution in [0.3, 0.4) is 0 Å². The lowest BCUT2D eigenvalue weighted by molar-refractivity contribution is -0.140. The Labute approximate surface area is 151 Å². The fourth-order valence-electron chi connectivity index (χ4n) is 4.44. The van der Waals surface area contributed by atoms with Crippen LogP contribution in [0.4, 0.5) is 0 Å². The van der Waals surface area contributed by atoms with Gasteiger partial charge >= 0.3 is 0 Å². The van der Waals surface area contributed by atoms with Gasteiger partial charge in [0.1, 0.15) is 0 Å². The molecule has 3 fully saturated rings. The molecule has 2 unspecified atom stereocenters. The van der Waals surface area contributed by atoms with Crippen molar-refractivity contribution in [2.24, 2.45) is 11.8 Å². The Kier molecular flexibility index (Phi) is 5.80. The third kappa shape index (κ3) is 3.61. The molecule has 4 nitrogen and oxygen atoms in total. The average molecular weight is 350 g/mol. The molecule has 0 saturated carbocycles. The highest BCUT2D eigenvalue weighted by Crippen LogP contribution is 2.32. The van der Waals surface area contributed by atoms with E-state index in [2.05, 4.69) is 45.4 Å². The number of carbonyl (C=O) groups excluding carboxylic acids is 1. The molecule has 4 rings (SSSR count). The van der Waals surface area contributed by atoms with Crippen molar-refractivity contribution < 1.29 is 4.79 Å². The third-order valence-electron chi connectivity index (χ3n) is 5.85. The minimum atomic E-state index is 0. The standard InChI is InChI=1S/C19H27N3O.ClH/c23-19(17-11-20-12-17)22-10-8-18-16(14-22)7-4-9-21(18)13-15-5-2-1-3-6-15;/h1-3,5-6,16-18,20H,4,7-14H2;1H. The second kappa shape index (κ2) is 7.85. The van der Waals surface area contributed by atoms with Gasteiger partial charge in [-0.2, -0.15) is 0 Å². The summed E-state index contributed by atoms with van der Waals surface area (Å²) in [7, 11) is 0. The Morgan fingerprint density at radius 2 is 1.92 bits per heavy atom. The summed E-state index contributed by atoms with van der Waals surface area (Å²) in [6.45, 7) is 5.94. The van der Waals surface area contributed by atoms with Gasteiger partial charge in [-0.25, -0.2) is 0 Å². The molecule has 1 N–H and O–H groups in total. The molecule has 3 aliphatic rings. The number of benzene rings is 1. The first-order valence-corrected chi connectivity index (χ1v) is 9.09. The summed E-state index contributed by atoms with van der Waals surface area (Å²) in [5, 5.41) is 3.22. The van der Waals surface area contributed by atoms with Crippen LogP contribution in [0.2, 0.25) is 0 Å². The number of halogens is 1. The molecule has 1 aromatic carbocycles. The maximum Gasteiger partial charge on any atom is 0.228 e. The van der Waals surface area contributed by atoms with Crippen LogP contribution in [0.15, 0.2) is 30.3 Å². The number of likely N-dealkylation sites (tertiary alicyclic amines) is 2. The number of piperidine rings is 2. The van der Waals surface area contributed by atoms with Gasteiger partial charge in [0.2, 0.25) is 5.91 Å². The number of rotatable bonds is 3. The van der Waals surface area contributed by atoms with Crippen LogP contribution in [0.1, 0.15) is 24.8 Å². The summed E-state index contributed by atoms with van der Waals surface area (Å²) in [6.07, 6.45) is 3.69. The Bertz CT molecular complexity index is 549. The van der Waals surface area contributed by atoms with Crippen LogP contribution in [0.5, 0.6) is 0 Å². The van der Waals surface area contributed by atoms with E-state index in [0.717, 1.165) is 39.1 Å². The average Bonchev–Trinajstić information content (AvgIpc) is 2.54. The minimum Gasteiger partial charge on any atom is -0.342 e. The SMILES string of the molecule is Cl.O=C(C1CNC1)N1CCC2C(CCCN2Cc2ccccc2)C1. The summed E-state index contributed by atoms with van der Waals surface area (Å²) < 4.78 is 0. The van der Waals surface area contributed by atoms with Crippen LogP contribution < -0.4 is 5.32 Å². The number of nitrogens with zero attached hydrogens (tertiary/aromatic N) is 2. The van der Waals surface area contributed by atoms with Crippen molar-refractivity contribution in [3.05, 3.63) is 35.9 Å². The maximum atomic E-state index is 12.5. The molecular formula is C19H28ClN3O. The van der Waals surface area contributed by atoms with E-state index in [1.54, 1.807) is 0 Å². The van der Waals surface area contributed by atoms with Crippen LogP contribution in [-0.4, -0.2) is 54.5 Å². The minimum absolute atomic E-state index is 0. The molecule has 2 atom stereocenters. The first-order valence-electron chi connectivity index (χ1n) is 9.09. The fraction of sp³-hybridized carbons (Fsp3) is 0.632. The smallest absolute Gasteiger partial charge is 0.228 e. The molecule has 3 aliphatic heterocycles. The van der Waals surface area contributed by atoms with Crippen molar-refractivity contribution >= 4 is 18.3 Å². The Morgan fingerprint density at radius 3 is 2.62 bits per heavy atom. The summed E-state index contributed by atoms with van der Waals surface area (Å²) in [5.41, 5.74) is 1.41. The quantitative estimate of drug-likeness (QED) is 0.908. The van der Waals surface area contributed by atoms with Gasteiger partial charge in [-0.1, -0.05) is 30.3 Å². The van der Waals surface area contributed by atoms with Gasteiger partial charge in [0.15, 0.2) is 0 Å². The van der Waals surface area contributed by atoms with E-state index in [1.807, 2.05) is 0 Å². The lowest BCUT2D eigenvalue weighted by atomic mass is 9.83. The molecule has 3 saturated heterocycles. The number of nitrogens with one attached hydrogen (secondary N) is 1. The highest BCUT2D eigenvalue weighted by Gasteiger charge is 2.39. The van der Waals surface area contributed by atoms with Crippen LogP contribution in [-0.2, 0) is 11.3 Å². The molecule has 5 heteroatoms. The molecule has 0 spiro atoms. The molecule has 24 heavy (non-hydrogen) atoms. The van der Waals surface area contributed by atoms with Crippen molar-refractivity contribution in [3.63, 3.8) is 0 Å². The zero-order valence-corrected chi connectivity index (χ0v) is 15.0. The van der Waals surface area contributed by atoms with Crippen LogP contribution in [0.25, 0.3) is 0 Å². The van der Waals surface area contributed by atoms with Crippen LogP contribution >= 0.6 is 12.4 Å². The lowest BCUT2D eigenvalue weighted by Gasteiger charge is -2.48. The van der Waals surface area contributed by atoms with Gasteiger partial charge in [0.25, 0.3) is 0 Å². The summed E-state index contributed by atoms with van der Waals surface area (Å²) in [5.74, 6) is 1.30.